The van der Waals surface area contributed by atoms with Gasteiger partial charge in [-0.25, -0.2) is 4.98 Å². The van der Waals surface area contributed by atoms with E-state index in [1.54, 1.807) is 4.90 Å². The summed E-state index contributed by atoms with van der Waals surface area (Å²) in [5.41, 5.74) is -0.771. The molecule has 1 aromatic rings. The second-order valence-electron chi connectivity index (χ2n) is 6.81. The Balaban J connectivity index is 1.96. The fourth-order valence-corrected chi connectivity index (χ4v) is 2.45. The number of carbonyl (C=O) groups excluding carboxylic acids is 1. The molecule has 1 saturated heterocycles. The average molecular weight is 315 g/mol. The first kappa shape index (κ1) is 16.6. The zero-order valence-corrected chi connectivity index (χ0v) is 12.9. The molecule has 1 fully saturated rings. The van der Waals surface area contributed by atoms with Crippen LogP contribution in [0.25, 0.3) is 0 Å². The number of amides is 1. The molecule has 0 radical (unpaired) electrons. The zero-order valence-electron chi connectivity index (χ0n) is 12.9. The summed E-state index contributed by atoms with van der Waals surface area (Å²) in [4.78, 5) is 17.5. The molecule has 2 rings (SSSR count). The molecule has 0 aliphatic carbocycles. The number of halogens is 3. The van der Waals surface area contributed by atoms with Crippen molar-refractivity contribution < 1.29 is 18.0 Å². The predicted molar refractivity (Wildman–Crippen MR) is 77.3 cm³/mol. The molecule has 1 N–H and O–H groups in total. The number of hydrogen-bond acceptors (Lipinski definition) is 3. The van der Waals surface area contributed by atoms with Crippen molar-refractivity contribution in [1.29, 1.82) is 0 Å². The minimum Gasteiger partial charge on any atom is -0.365 e. The minimum atomic E-state index is -4.39. The smallest absolute Gasteiger partial charge is 0.365 e. The van der Waals surface area contributed by atoms with Crippen molar-refractivity contribution in [2.45, 2.75) is 39.4 Å². The second kappa shape index (κ2) is 5.78. The molecular weight excluding hydrogens is 295 g/mol. The first-order valence-electron chi connectivity index (χ1n) is 7.12. The maximum absolute atomic E-state index is 12.5. The van der Waals surface area contributed by atoms with E-state index in [-0.39, 0.29) is 17.4 Å². The van der Waals surface area contributed by atoms with E-state index >= 15 is 0 Å². The number of carbonyl (C=O) groups is 1. The first-order chi connectivity index (χ1) is 10.0. The molecule has 1 aliphatic rings. The van der Waals surface area contributed by atoms with Crippen LogP contribution in [0, 0.1) is 5.41 Å². The van der Waals surface area contributed by atoms with Gasteiger partial charge < -0.3 is 10.2 Å². The van der Waals surface area contributed by atoms with Crippen molar-refractivity contribution in [3.8, 4) is 0 Å². The fourth-order valence-electron chi connectivity index (χ4n) is 2.45. The molecule has 0 aromatic carbocycles. The van der Waals surface area contributed by atoms with Gasteiger partial charge in [0.25, 0.3) is 0 Å². The van der Waals surface area contributed by atoms with Crippen molar-refractivity contribution in [2.24, 2.45) is 5.41 Å². The van der Waals surface area contributed by atoms with Gasteiger partial charge in [-0.15, -0.1) is 0 Å². The Labute approximate surface area is 127 Å². The molecule has 122 valence electrons. The highest BCUT2D eigenvalue weighted by molar-refractivity contribution is 5.80. The highest BCUT2D eigenvalue weighted by atomic mass is 19.4. The van der Waals surface area contributed by atoms with Gasteiger partial charge in [0.05, 0.1) is 11.6 Å². The van der Waals surface area contributed by atoms with Crippen molar-refractivity contribution in [1.82, 2.24) is 9.88 Å². The second-order valence-corrected chi connectivity index (χ2v) is 6.81. The van der Waals surface area contributed by atoms with E-state index < -0.39 is 11.7 Å². The average Bonchev–Trinajstić information content (AvgIpc) is 2.67. The summed E-state index contributed by atoms with van der Waals surface area (Å²) >= 11 is 0. The molecule has 4 nitrogen and oxygen atoms in total. The third-order valence-corrected chi connectivity index (χ3v) is 3.32. The van der Waals surface area contributed by atoms with Crippen LogP contribution in [0.3, 0.4) is 0 Å². The first-order valence-corrected chi connectivity index (χ1v) is 7.12. The van der Waals surface area contributed by atoms with Crippen LogP contribution in [-0.4, -0.2) is 34.9 Å². The molecule has 1 atom stereocenters. The summed E-state index contributed by atoms with van der Waals surface area (Å²) in [7, 11) is 0. The number of likely N-dealkylation sites (tertiary alicyclic amines) is 1. The monoisotopic (exact) mass is 315 g/mol. The summed E-state index contributed by atoms with van der Waals surface area (Å²) in [5.74, 6) is 0.405. The predicted octanol–water partition coefficient (Wildman–Crippen LogP) is 3.16. The van der Waals surface area contributed by atoms with Gasteiger partial charge in [0.15, 0.2) is 0 Å². The van der Waals surface area contributed by atoms with Crippen molar-refractivity contribution in [2.75, 3.05) is 18.4 Å². The van der Waals surface area contributed by atoms with E-state index in [0.29, 0.717) is 25.3 Å². The fraction of sp³-hybridized carbons (Fsp3) is 0.600. The van der Waals surface area contributed by atoms with Crippen LogP contribution >= 0.6 is 0 Å². The van der Waals surface area contributed by atoms with E-state index in [9.17, 15) is 18.0 Å². The van der Waals surface area contributed by atoms with Gasteiger partial charge in [0, 0.05) is 25.7 Å². The molecule has 1 aromatic heterocycles. The van der Waals surface area contributed by atoms with Crippen molar-refractivity contribution in [3.63, 3.8) is 0 Å². The quantitative estimate of drug-likeness (QED) is 0.932. The lowest BCUT2D eigenvalue weighted by Crippen LogP contribution is -2.35. The topological polar surface area (TPSA) is 45.2 Å². The van der Waals surface area contributed by atoms with E-state index in [1.165, 1.54) is 6.07 Å². The summed E-state index contributed by atoms with van der Waals surface area (Å²) in [6.07, 6.45) is -3.26. The molecule has 0 unspecified atom stereocenters. The third kappa shape index (κ3) is 4.35. The molecular formula is C15H20F3N3O. The van der Waals surface area contributed by atoms with Crippen LogP contribution in [0.15, 0.2) is 18.3 Å². The summed E-state index contributed by atoms with van der Waals surface area (Å²) in [6.45, 7) is 7.36. The summed E-state index contributed by atoms with van der Waals surface area (Å²) in [5, 5.41) is 3.02. The van der Waals surface area contributed by atoms with Gasteiger partial charge in [0.2, 0.25) is 5.91 Å². The van der Waals surface area contributed by atoms with E-state index in [2.05, 4.69) is 31.1 Å². The Bertz CT molecular complexity index is 534. The Morgan fingerprint density at radius 2 is 2.00 bits per heavy atom. The van der Waals surface area contributed by atoms with Crippen LogP contribution < -0.4 is 5.32 Å². The van der Waals surface area contributed by atoms with Gasteiger partial charge in [-0.1, -0.05) is 20.8 Å². The number of pyridine rings is 1. The number of alkyl halides is 3. The summed E-state index contributed by atoms with van der Waals surface area (Å²) < 4.78 is 37.4. The number of anilines is 1. The zero-order chi connectivity index (χ0) is 16.5. The molecule has 0 bridgehead atoms. The number of rotatable bonds is 3. The SMILES string of the molecule is CC(C)(C)CN1C[C@H](Nc2ccc(C(F)(F)F)cn2)CC1=O. The molecule has 22 heavy (non-hydrogen) atoms. The largest absolute Gasteiger partial charge is 0.417 e. The van der Waals surface area contributed by atoms with Crippen LogP contribution in [0.2, 0.25) is 0 Å². The lowest BCUT2D eigenvalue weighted by atomic mass is 9.96. The normalized spacial score (nSPS) is 19.6. The van der Waals surface area contributed by atoms with E-state index in [4.69, 9.17) is 0 Å². The molecule has 0 spiro atoms. The summed E-state index contributed by atoms with van der Waals surface area (Å²) in [6, 6.07) is 2.15. The van der Waals surface area contributed by atoms with Crippen LogP contribution in [-0.2, 0) is 11.0 Å². The van der Waals surface area contributed by atoms with Gasteiger partial charge in [-0.2, -0.15) is 13.2 Å². The third-order valence-electron chi connectivity index (χ3n) is 3.32. The van der Waals surface area contributed by atoms with Crippen LogP contribution in [0.1, 0.15) is 32.8 Å². The highest BCUT2D eigenvalue weighted by Gasteiger charge is 2.33. The highest BCUT2D eigenvalue weighted by Crippen LogP contribution is 2.29. The molecule has 0 saturated carbocycles. The molecule has 2 heterocycles. The molecule has 1 aliphatic heterocycles. The van der Waals surface area contributed by atoms with Crippen LogP contribution in [0.5, 0.6) is 0 Å². The minimum absolute atomic E-state index is 0.0111. The van der Waals surface area contributed by atoms with Gasteiger partial charge in [-0.3, -0.25) is 4.79 Å². The van der Waals surface area contributed by atoms with Crippen molar-refractivity contribution >= 4 is 11.7 Å². The lowest BCUT2D eigenvalue weighted by Gasteiger charge is -2.26. The van der Waals surface area contributed by atoms with E-state index in [0.717, 1.165) is 12.3 Å². The maximum Gasteiger partial charge on any atom is 0.417 e. The van der Waals surface area contributed by atoms with E-state index in [1.807, 2.05) is 0 Å². The number of nitrogens with zero attached hydrogens (tertiary/aromatic N) is 2. The Hall–Kier alpha value is -1.79. The van der Waals surface area contributed by atoms with Gasteiger partial charge in [0.1, 0.15) is 5.82 Å². The molecule has 1 amide bonds. The number of hydrogen-bond donors (Lipinski definition) is 1. The number of aromatic nitrogens is 1. The lowest BCUT2D eigenvalue weighted by molar-refractivity contribution is -0.137. The standard InChI is InChI=1S/C15H20F3N3O/c1-14(2,3)9-21-8-11(6-13(21)22)20-12-5-4-10(7-19-12)15(16,17)18/h4-5,7,11H,6,8-9H2,1-3H3,(H,19,20)/t11-/m1/s1. The number of nitrogens with one attached hydrogen (secondary N) is 1. The Kier molecular flexibility index (Phi) is 4.35. The maximum atomic E-state index is 12.5. The Morgan fingerprint density at radius 3 is 2.50 bits per heavy atom. The molecule has 7 heteroatoms. The van der Waals surface area contributed by atoms with Gasteiger partial charge >= 0.3 is 6.18 Å². The van der Waals surface area contributed by atoms with Crippen LogP contribution in [0.4, 0.5) is 19.0 Å². The van der Waals surface area contributed by atoms with Gasteiger partial charge in [-0.05, 0) is 17.5 Å². The Morgan fingerprint density at radius 1 is 1.32 bits per heavy atom. The van der Waals surface area contributed by atoms with Crippen molar-refractivity contribution in [3.05, 3.63) is 23.9 Å².